The van der Waals surface area contributed by atoms with Gasteiger partial charge in [-0.25, -0.2) is 0 Å². The van der Waals surface area contributed by atoms with E-state index in [1.807, 2.05) is 20.8 Å². The van der Waals surface area contributed by atoms with Gasteiger partial charge in [-0.1, -0.05) is 18.5 Å². The molecule has 1 aromatic heterocycles. The zero-order chi connectivity index (χ0) is 12.9. The minimum atomic E-state index is -0.512. The van der Waals surface area contributed by atoms with E-state index in [0.29, 0.717) is 24.9 Å². The molecule has 0 saturated heterocycles. The third-order valence-corrected chi connectivity index (χ3v) is 2.76. The van der Waals surface area contributed by atoms with Gasteiger partial charge in [0, 0.05) is 13.2 Å². The quantitative estimate of drug-likeness (QED) is 0.792. The molecule has 1 atom stereocenters. The molecule has 0 aliphatic carbocycles. The van der Waals surface area contributed by atoms with Crippen LogP contribution in [0.4, 0.5) is 0 Å². The molecule has 1 unspecified atom stereocenters. The molecule has 0 radical (unpaired) electrons. The van der Waals surface area contributed by atoms with Gasteiger partial charge in [-0.2, -0.15) is 4.98 Å². The molecule has 0 saturated carbocycles. The Hall–Kier alpha value is -0.940. The molecule has 0 aliphatic heterocycles. The number of aromatic nitrogens is 2. The molecule has 98 valence electrons. The van der Waals surface area contributed by atoms with Crippen LogP contribution in [0.25, 0.3) is 0 Å². The Kier molecular flexibility index (Phi) is 5.08. The van der Waals surface area contributed by atoms with E-state index in [2.05, 4.69) is 17.1 Å². The normalized spacial score (nSPS) is 13.9. The van der Waals surface area contributed by atoms with Crippen LogP contribution in [0.5, 0.6) is 0 Å². The average molecular weight is 241 g/mol. The Balaban J connectivity index is 2.82. The van der Waals surface area contributed by atoms with Gasteiger partial charge in [-0.05, 0) is 27.2 Å². The van der Waals surface area contributed by atoms with Gasteiger partial charge < -0.3 is 15.0 Å². The Bertz CT molecular complexity index is 336. The number of hydrogen-bond donors (Lipinski definition) is 1. The standard InChI is InChI=1S/C12H23N3O2/c1-5-7-9(8-13)10-14-11(15-17-10)12(3,4)16-6-2/h9H,5-8,13H2,1-4H3. The maximum Gasteiger partial charge on any atom is 0.231 e. The van der Waals surface area contributed by atoms with E-state index in [-0.39, 0.29) is 5.92 Å². The molecule has 0 spiro atoms. The van der Waals surface area contributed by atoms with E-state index in [9.17, 15) is 0 Å². The lowest BCUT2D eigenvalue weighted by molar-refractivity contribution is -0.0221. The van der Waals surface area contributed by atoms with E-state index in [0.717, 1.165) is 12.8 Å². The van der Waals surface area contributed by atoms with Crippen molar-refractivity contribution in [2.24, 2.45) is 5.73 Å². The first-order chi connectivity index (χ1) is 8.05. The van der Waals surface area contributed by atoms with E-state index in [1.165, 1.54) is 0 Å². The van der Waals surface area contributed by atoms with Gasteiger partial charge in [-0.15, -0.1) is 0 Å². The summed E-state index contributed by atoms with van der Waals surface area (Å²) in [5, 5.41) is 3.99. The van der Waals surface area contributed by atoms with Crippen LogP contribution in [0.1, 0.15) is 58.2 Å². The second-order valence-electron chi connectivity index (χ2n) is 4.62. The molecule has 0 bridgehead atoms. The van der Waals surface area contributed by atoms with E-state index in [4.69, 9.17) is 15.0 Å². The van der Waals surface area contributed by atoms with Crippen LogP contribution in [-0.2, 0) is 10.3 Å². The molecule has 5 heteroatoms. The van der Waals surface area contributed by atoms with Crippen molar-refractivity contribution in [1.29, 1.82) is 0 Å². The number of rotatable bonds is 7. The highest BCUT2D eigenvalue weighted by atomic mass is 16.5. The molecule has 1 heterocycles. The number of nitrogens with zero attached hydrogens (tertiary/aromatic N) is 2. The predicted octanol–water partition coefficient (Wildman–Crippen LogP) is 2.18. The van der Waals surface area contributed by atoms with Gasteiger partial charge >= 0.3 is 0 Å². The first-order valence-electron chi connectivity index (χ1n) is 6.23. The molecule has 0 aromatic carbocycles. The smallest absolute Gasteiger partial charge is 0.231 e. The SMILES string of the molecule is CCCC(CN)c1nc(C(C)(C)OCC)no1. The lowest BCUT2D eigenvalue weighted by atomic mass is 10.0. The maximum absolute atomic E-state index is 5.71. The van der Waals surface area contributed by atoms with Gasteiger partial charge in [-0.3, -0.25) is 0 Å². The highest BCUT2D eigenvalue weighted by Gasteiger charge is 2.28. The highest BCUT2D eigenvalue weighted by Crippen LogP contribution is 2.25. The second kappa shape index (κ2) is 6.12. The summed E-state index contributed by atoms with van der Waals surface area (Å²) in [4.78, 5) is 4.41. The Morgan fingerprint density at radius 2 is 2.12 bits per heavy atom. The van der Waals surface area contributed by atoms with Crippen LogP contribution in [-0.4, -0.2) is 23.3 Å². The third kappa shape index (κ3) is 3.51. The first kappa shape index (κ1) is 14.1. The van der Waals surface area contributed by atoms with Crippen molar-refractivity contribution in [3.63, 3.8) is 0 Å². The lowest BCUT2D eigenvalue weighted by Gasteiger charge is -2.19. The highest BCUT2D eigenvalue weighted by molar-refractivity contribution is 5.01. The van der Waals surface area contributed by atoms with Gasteiger partial charge in [0.15, 0.2) is 0 Å². The van der Waals surface area contributed by atoms with E-state index < -0.39 is 5.60 Å². The summed E-state index contributed by atoms with van der Waals surface area (Å²) < 4.78 is 10.9. The Morgan fingerprint density at radius 3 is 2.65 bits per heavy atom. The summed E-state index contributed by atoms with van der Waals surface area (Å²) in [7, 11) is 0. The van der Waals surface area contributed by atoms with Gasteiger partial charge in [0.1, 0.15) is 5.60 Å². The number of hydrogen-bond acceptors (Lipinski definition) is 5. The summed E-state index contributed by atoms with van der Waals surface area (Å²) >= 11 is 0. The summed E-state index contributed by atoms with van der Waals surface area (Å²) in [6.07, 6.45) is 2.02. The average Bonchev–Trinajstić information content (AvgIpc) is 2.75. The fourth-order valence-corrected chi connectivity index (χ4v) is 1.76. The van der Waals surface area contributed by atoms with E-state index >= 15 is 0 Å². The summed E-state index contributed by atoms with van der Waals surface area (Å²) in [6, 6.07) is 0. The van der Waals surface area contributed by atoms with Crippen molar-refractivity contribution in [1.82, 2.24) is 10.1 Å². The molecular formula is C12H23N3O2. The topological polar surface area (TPSA) is 74.2 Å². The van der Waals surface area contributed by atoms with Crippen molar-refractivity contribution >= 4 is 0 Å². The Labute approximate surface area is 103 Å². The number of ether oxygens (including phenoxy) is 1. The third-order valence-electron chi connectivity index (χ3n) is 2.76. The first-order valence-corrected chi connectivity index (χ1v) is 6.23. The van der Waals surface area contributed by atoms with Crippen LogP contribution < -0.4 is 5.73 Å². The molecule has 0 aliphatic rings. The summed E-state index contributed by atoms with van der Waals surface area (Å²) in [5.41, 5.74) is 5.20. The zero-order valence-corrected chi connectivity index (χ0v) is 11.2. The number of nitrogens with two attached hydrogens (primary N) is 1. The molecule has 1 rings (SSSR count). The minimum Gasteiger partial charge on any atom is -0.368 e. The van der Waals surface area contributed by atoms with E-state index in [1.54, 1.807) is 0 Å². The van der Waals surface area contributed by atoms with Crippen molar-refractivity contribution < 1.29 is 9.26 Å². The molecule has 0 fully saturated rings. The van der Waals surface area contributed by atoms with Gasteiger partial charge in [0.05, 0.1) is 5.92 Å². The van der Waals surface area contributed by atoms with Gasteiger partial charge in [0.2, 0.25) is 11.7 Å². The minimum absolute atomic E-state index is 0.152. The summed E-state index contributed by atoms with van der Waals surface area (Å²) in [6.45, 7) is 9.08. The molecular weight excluding hydrogens is 218 g/mol. The molecule has 2 N–H and O–H groups in total. The van der Waals surface area contributed by atoms with Crippen molar-refractivity contribution in [2.45, 2.75) is 52.1 Å². The Morgan fingerprint density at radius 1 is 1.41 bits per heavy atom. The van der Waals surface area contributed by atoms with Crippen molar-refractivity contribution in [3.8, 4) is 0 Å². The van der Waals surface area contributed by atoms with Crippen molar-refractivity contribution in [2.75, 3.05) is 13.2 Å². The van der Waals surface area contributed by atoms with Crippen LogP contribution in [0.3, 0.4) is 0 Å². The fraction of sp³-hybridized carbons (Fsp3) is 0.833. The summed E-state index contributed by atoms with van der Waals surface area (Å²) in [5.74, 6) is 1.36. The predicted molar refractivity (Wildman–Crippen MR) is 65.7 cm³/mol. The van der Waals surface area contributed by atoms with Crippen LogP contribution in [0.2, 0.25) is 0 Å². The zero-order valence-electron chi connectivity index (χ0n) is 11.2. The van der Waals surface area contributed by atoms with Crippen LogP contribution >= 0.6 is 0 Å². The lowest BCUT2D eigenvalue weighted by Crippen LogP contribution is -2.23. The molecule has 17 heavy (non-hydrogen) atoms. The van der Waals surface area contributed by atoms with Crippen molar-refractivity contribution in [3.05, 3.63) is 11.7 Å². The molecule has 1 aromatic rings. The largest absolute Gasteiger partial charge is 0.368 e. The second-order valence-corrected chi connectivity index (χ2v) is 4.62. The molecule has 5 nitrogen and oxygen atoms in total. The monoisotopic (exact) mass is 241 g/mol. The van der Waals surface area contributed by atoms with Crippen LogP contribution in [0.15, 0.2) is 4.52 Å². The van der Waals surface area contributed by atoms with Crippen LogP contribution in [0, 0.1) is 0 Å². The fourth-order valence-electron chi connectivity index (χ4n) is 1.76. The van der Waals surface area contributed by atoms with Gasteiger partial charge in [0.25, 0.3) is 0 Å². The maximum atomic E-state index is 5.71. The molecule has 0 amide bonds.